The molecule has 1 aromatic carbocycles. The molecule has 4 N–H and O–H groups in total. The van der Waals surface area contributed by atoms with Crippen LogP contribution in [-0.2, 0) is 6.54 Å². The highest BCUT2D eigenvalue weighted by Crippen LogP contribution is 2.24. The van der Waals surface area contributed by atoms with Gasteiger partial charge in [-0.25, -0.2) is 0 Å². The fourth-order valence-corrected chi connectivity index (χ4v) is 2.61. The summed E-state index contributed by atoms with van der Waals surface area (Å²) >= 11 is 8.35. The van der Waals surface area contributed by atoms with Gasteiger partial charge in [0.25, 0.3) is 0 Å². The van der Waals surface area contributed by atoms with Crippen LogP contribution in [0.5, 0.6) is 0 Å². The van der Waals surface area contributed by atoms with E-state index in [2.05, 4.69) is 38.0 Å². The minimum atomic E-state index is -0.0175. The summed E-state index contributed by atoms with van der Waals surface area (Å²) in [5.41, 5.74) is 7.68. The van der Waals surface area contributed by atoms with Crippen LogP contribution in [0.3, 0.4) is 0 Å². The Kier molecular flexibility index (Phi) is 5.02. The summed E-state index contributed by atoms with van der Waals surface area (Å²) in [4.78, 5) is 4.11. The molecule has 0 aliphatic heterocycles. The molecule has 0 unspecified atom stereocenters. The number of nitrogens with one attached hydrogen (secondary N) is 1. The number of oxime groups is 1. The number of rotatable bonds is 4. The lowest BCUT2D eigenvalue weighted by Gasteiger charge is -2.11. The van der Waals surface area contributed by atoms with Crippen LogP contribution in [-0.4, -0.2) is 16.0 Å². The van der Waals surface area contributed by atoms with Gasteiger partial charge in [0.05, 0.1) is 10.7 Å². The van der Waals surface area contributed by atoms with Crippen molar-refractivity contribution >= 4 is 45.7 Å². The Morgan fingerprint density at radius 1 is 1.45 bits per heavy atom. The van der Waals surface area contributed by atoms with Crippen molar-refractivity contribution in [3.63, 3.8) is 0 Å². The molecule has 104 valence electrons. The Hall–Kier alpha value is -1.54. The van der Waals surface area contributed by atoms with E-state index in [-0.39, 0.29) is 5.84 Å². The molecule has 20 heavy (non-hydrogen) atoms. The predicted molar refractivity (Wildman–Crippen MR) is 88.2 cm³/mol. The van der Waals surface area contributed by atoms with Gasteiger partial charge in [0.1, 0.15) is 5.69 Å². The van der Waals surface area contributed by atoms with Gasteiger partial charge in [0.15, 0.2) is 5.84 Å². The molecule has 0 amide bonds. The molecular formula is C13H12ClIN4O. The van der Waals surface area contributed by atoms with Crippen LogP contribution in [0.1, 0.15) is 11.3 Å². The Bertz CT molecular complexity index is 648. The number of pyridine rings is 1. The number of aromatic nitrogens is 1. The number of hydrogen-bond acceptors (Lipinski definition) is 4. The molecular weight excluding hydrogens is 391 g/mol. The third kappa shape index (κ3) is 3.51. The van der Waals surface area contributed by atoms with E-state index in [1.54, 1.807) is 12.3 Å². The summed E-state index contributed by atoms with van der Waals surface area (Å²) in [6.07, 6.45) is 1.59. The van der Waals surface area contributed by atoms with E-state index in [4.69, 9.17) is 22.5 Å². The number of anilines is 1. The molecule has 0 aliphatic rings. The van der Waals surface area contributed by atoms with Crippen molar-refractivity contribution < 1.29 is 5.21 Å². The van der Waals surface area contributed by atoms with Crippen molar-refractivity contribution in [2.75, 3.05) is 5.32 Å². The molecule has 0 saturated carbocycles. The second kappa shape index (κ2) is 6.76. The molecule has 0 fully saturated rings. The highest BCUT2D eigenvalue weighted by atomic mass is 127. The van der Waals surface area contributed by atoms with Gasteiger partial charge in [-0.05, 0) is 46.9 Å². The van der Waals surface area contributed by atoms with Crippen LogP contribution >= 0.6 is 34.2 Å². The van der Waals surface area contributed by atoms with E-state index in [1.165, 1.54) is 0 Å². The molecule has 0 spiro atoms. The molecule has 0 bridgehead atoms. The van der Waals surface area contributed by atoms with Crippen molar-refractivity contribution in [3.8, 4) is 0 Å². The van der Waals surface area contributed by atoms with Crippen LogP contribution < -0.4 is 11.1 Å². The van der Waals surface area contributed by atoms with Crippen LogP contribution in [0, 0.1) is 3.57 Å². The lowest BCUT2D eigenvalue weighted by Crippen LogP contribution is -2.18. The standard InChI is InChI=1S/C13H12ClIN4O/c14-10-6-9(15)3-4-11(10)18-7-8-2-1-5-17-12(8)13(16)19-20/h1-6,18,20H,7H2,(H2,16,19). The summed E-state index contributed by atoms with van der Waals surface area (Å²) in [5, 5.41) is 15.6. The first-order chi connectivity index (χ1) is 9.61. The smallest absolute Gasteiger partial charge is 0.189 e. The zero-order chi connectivity index (χ0) is 14.5. The second-order valence-electron chi connectivity index (χ2n) is 3.97. The normalized spacial score (nSPS) is 11.4. The predicted octanol–water partition coefficient (Wildman–Crippen LogP) is 3.05. The van der Waals surface area contributed by atoms with Crippen LogP contribution in [0.2, 0.25) is 5.02 Å². The van der Waals surface area contributed by atoms with E-state index < -0.39 is 0 Å². The number of benzene rings is 1. The van der Waals surface area contributed by atoms with Crippen molar-refractivity contribution in [1.29, 1.82) is 0 Å². The molecule has 1 aromatic heterocycles. The van der Waals surface area contributed by atoms with Crippen molar-refractivity contribution in [2.45, 2.75) is 6.54 Å². The van der Waals surface area contributed by atoms with Crippen molar-refractivity contribution in [3.05, 3.63) is 56.4 Å². The largest absolute Gasteiger partial charge is 0.409 e. The minimum Gasteiger partial charge on any atom is -0.409 e. The van der Waals surface area contributed by atoms with Crippen molar-refractivity contribution in [2.24, 2.45) is 10.9 Å². The first kappa shape index (κ1) is 14.9. The fourth-order valence-electron chi connectivity index (χ4n) is 1.68. The van der Waals surface area contributed by atoms with E-state index in [1.807, 2.05) is 24.3 Å². The van der Waals surface area contributed by atoms with E-state index in [0.717, 1.165) is 14.8 Å². The average molecular weight is 403 g/mol. The van der Waals surface area contributed by atoms with Gasteiger partial charge in [-0.15, -0.1) is 0 Å². The molecule has 7 heteroatoms. The SMILES string of the molecule is N/C(=N/O)c1ncccc1CNc1ccc(I)cc1Cl. The number of nitrogens with two attached hydrogens (primary N) is 1. The maximum absolute atomic E-state index is 8.75. The van der Waals surface area contributed by atoms with Gasteiger partial charge in [0, 0.05) is 21.9 Å². The molecule has 1 heterocycles. The van der Waals surface area contributed by atoms with Gasteiger partial charge in [0.2, 0.25) is 0 Å². The summed E-state index contributed by atoms with van der Waals surface area (Å²) < 4.78 is 1.07. The molecule has 0 atom stereocenters. The maximum Gasteiger partial charge on any atom is 0.189 e. The number of nitrogens with zero attached hydrogens (tertiary/aromatic N) is 2. The summed E-state index contributed by atoms with van der Waals surface area (Å²) in [7, 11) is 0. The highest BCUT2D eigenvalue weighted by Gasteiger charge is 2.08. The molecule has 0 radical (unpaired) electrons. The van der Waals surface area contributed by atoms with Crippen molar-refractivity contribution in [1.82, 2.24) is 4.98 Å². The average Bonchev–Trinajstić information content (AvgIpc) is 2.46. The third-order valence-corrected chi connectivity index (χ3v) is 3.63. The van der Waals surface area contributed by atoms with Gasteiger partial charge in [-0.1, -0.05) is 22.8 Å². The number of amidine groups is 1. The lowest BCUT2D eigenvalue weighted by molar-refractivity contribution is 0.318. The number of halogens is 2. The zero-order valence-corrected chi connectivity index (χ0v) is 13.3. The highest BCUT2D eigenvalue weighted by molar-refractivity contribution is 14.1. The first-order valence-corrected chi connectivity index (χ1v) is 7.18. The van der Waals surface area contributed by atoms with Gasteiger partial charge < -0.3 is 16.3 Å². The van der Waals surface area contributed by atoms with Crippen LogP contribution in [0.15, 0.2) is 41.7 Å². The molecule has 0 aliphatic carbocycles. The minimum absolute atomic E-state index is 0.0175. The Labute approximate surface area is 135 Å². The lowest BCUT2D eigenvalue weighted by atomic mass is 10.1. The first-order valence-electron chi connectivity index (χ1n) is 5.72. The maximum atomic E-state index is 8.75. The topological polar surface area (TPSA) is 83.5 Å². The van der Waals surface area contributed by atoms with E-state index in [0.29, 0.717) is 17.3 Å². The van der Waals surface area contributed by atoms with Gasteiger partial charge >= 0.3 is 0 Å². The van der Waals surface area contributed by atoms with Crippen LogP contribution in [0.25, 0.3) is 0 Å². The fraction of sp³-hybridized carbons (Fsp3) is 0.0769. The molecule has 2 aromatic rings. The monoisotopic (exact) mass is 402 g/mol. The summed E-state index contributed by atoms with van der Waals surface area (Å²) in [6, 6.07) is 9.39. The molecule has 5 nitrogen and oxygen atoms in total. The van der Waals surface area contributed by atoms with Crippen LogP contribution in [0.4, 0.5) is 5.69 Å². The van der Waals surface area contributed by atoms with E-state index in [9.17, 15) is 0 Å². The summed E-state index contributed by atoms with van der Waals surface area (Å²) in [6.45, 7) is 0.472. The number of hydrogen-bond donors (Lipinski definition) is 3. The molecule has 0 saturated heterocycles. The Morgan fingerprint density at radius 2 is 2.25 bits per heavy atom. The second-order valence-corrected chi connectivity index (χ2v) is 5.63. The Balaban J connectivity index is 2.19. The van der Waals surface area contributed by atoms with Gasteiger partial charge in [-0.2, -0.15) is 0 Å². The molecule has 2 rings (SSSR count). The van der Waals surface area contributed by atoms with Gasteiger partial charge in [-0.3, -0.25) is 4.98 Å². The Morgan fingerprint density at radius 3 is 2.95 bits per heavy atom. The zero-order valence-electron chi connectivity index (χ0n) is 10.3. The van der Waals surface area contributed by atoms with E-state index >= 15 is 0 Å². The third-order valence-electron chi connectivity index (χ3n) is 2.64. The summed E-state index contributed by atoms with van der Waals surface area (Å²) in [5.74, 6) is -0.0175. The quantitative estimate of drug-likeness (QED) is 0.241.